The van der Waals surface area contributed by atoms with Crippen molar-refractivity contribution in [3.05, 3.63) is 66.6 Å². The Balaban J connectivity index is 1.26. The van der Waals surface area contributed by atoms with Crippen LogP contribution in [0.15, 0.2) is 60.9 Å². The molecule has 3 aromatic heterocycles. The van der Waals surface area contributed by atoms with Gasteiger partial charge in [-0.3, -0.25) is 4.57 Å². The standard InChI is InChI=1S/C29H35N7O3/c1-28(2,3)39-27(37)35-17-15-34(16-18-35)22-11-9-21(10-12-22)31-26-30-19-20-13-14-36(25(20)33-26)24-8-6-7-23(32-24)29(4,5)38/h6-14,19,38H,15-18H2,1-5H3,(H,30,31,33). The number of anilines is 3. The summed E-state index contributed by atoms with van der Waals surface area (Å²) in [4.78, 5) is 30.2. The molecule has 4 heterocycles. The maximum absolute atomic E-state index is 12.3. The highest BCUT2D eigenvalue weighted by Gasteiger charge is 2.26. The molecule has 0 atom stereocenters. The molecule has 0 saturated carbocycles. The highest BCUT2D eigenvalue weighted by atomic mass is 16.6. The minimum atomic E-state index is -1.04. The number of nitrogens with one attached hydrogen (secondary N) is 1. The molecule has 1 aliphatic rings. The van der Waals surface area contributed by atoms with Gasteiger partial charge in [-0.05, 0) is 77.1 Å². The van der Waals surface area contributed by atoms with Gasteiger partial charge in [-0.1, -0.05) is 6.07 Å². The number of ether oxygens (including phenoxy) is 1. The Hall–Kier alpha value is -4.18. The number of carbonyl (C=O) groups is 1. The fourth-order valence-corrected chi connectivity index (χ4v) is 4.42. The summed E-state index contributed by atoms with van der Waals surface area (Å²) in [6.07, 6.45) is 3.42. The number of carbonyl (C=O) groups excluding carboxylic acids is 1. The summed E-state index contributed by atoms with van der Waals surface area (Å²) in [5.74, 6) is 1.14. The summed E-state index contributed by atoms with van der Waals surface area (Å²) in [7, 11) is 0. The van der Waals surface area contributed by atoms with Crippen LogP contribution >= 0.6 is 0 Å². The third-order valence-corrected chi connectivity index (χ3v) is 6.46. The monoisotopic (exact) mass is 529 g/mol. The van der Waals surface area contributed by atoms with Gasteiger partial charge in [0.15, 0.2) is 5.65 Å². The molecule has 1 fully saturated rings. The molecule has 0 radical (unpaired) electrons. The van der Waals surface area contributed by atoms with Crippen LogP contribution in [-0.2, 0) is 10.3 Å². The van der Waals surface area contributed by atoms with Crippen molar-refractivity contribution in [3.63, 3.8) is 0 Å². The molecule has 1 aromatic carbocycles. The van der Waals surface area contributed by atoms with Gasteiger partial charge in [0.2, 0.25) is 5.95 Å². The zero-order valence-corrected chi connectivity index (χ0v) is 23.0. The lowest BCUT2D eigenvalue weighted by molar-refractivity contribution is 0.0240. The van der Waals surface area contributed by atoms with Crippen LogP contribution in [0.4, 0.5) is 22.1 Å². The van der Waals surface area contributed by atoms with Crippen molar-refractivity contribution in [2.75, 3.05) is 36.4 Å². The number of pyridine rings is 1. The van der Waals surface area contributed by atoms with E-state index in [2.05, 4.69) is 32.3 Å². The molecule has 4 aromatic rings. The van der Waals surface area contributed by atoms with Gasteiger partial charge < -0.3 is 25.0 Å². The number of benzene rings is 1. The van der Waals surface area contributed by atoms with Crippen LogP contribution in [0.1, 0.15) is 40.3 Å². The SMILES string of the molecule is CC(C)(C)OC(=O)N1CCN(c2ccc(Nc3ncc4ccn(-c5cccc(C(C)(C)O)n5)c4n3)cc2)CC1. The molecule has 0 bridgehead atoms. The van der Waals surface area contributed by atoms with Crippen molar-refractivity contribution in [1.82, 2.24) is 24.4 Å². The van der Waals surface area contributed by atoms with E-state index in [0.717, 1.165) is 29.9 Å². The van der Waals surface area contributed by atoms with E-state index < -0.39 is 11.2 Å². The third-order valence-electron chi connectivity index (χ3n) is 6.46. The van der Waals surface area contributed by atoms with Crippen molar-refractivity contribution in [3.8, 4) is 5.82 Å². The maximum Gasteiger partial charge on any atom is 0.410 e. The van der Waals surface area contributed by atoms with E-state index in [1.54, 1.807) is 24.9 Å². The van der Waals surface area contributed by atoms with E-state index >= 15 is 0 Å². The van der Waals surface area contributed by atoms with Gasteiger partial charge in [0.25, 0.3) is 0 Å². The average molecular weight is 530 g/mol. The molecule has 0 unspecified atom stereocenters. The predicted octanol–water partition coefficient (Wildman–Crippen LogP) is 4.84. The van der Waals surface area contributed by atoms with Crippen molar-refractivity contribution in [2.45, 2.75) is 45.8 Å². The lowest BCUT2D eigenvalue weighted by Gasteiger charge is -2.36. The summed E-state index contributed by atoms with van der Waals surface area (Å²) in [5.41, 5.74) is 1.72. The summed E-state index contributed by atoms with van der Waals surface area (Å²) in [6, 6.07) is 15.6. The lowest BCUT2D eigenvalue weighted by atomic mass is 10.1. The van der Waals surface area contributed by atoms with Crippen LogP contribution in [0.2, 0.25) is 0 Å². The van der Waals surface area contributed by atoms with Crippen molar-refractivity contribution >= 4 is 34.4 Å². The van der Waals surface area contributed by atoms with E-state index in [1.165, 1.54) is 0 Å². The van der Waals surface area contributed by atoms with Gasteiger partial charge in [-0.25, -0.2) is 14.8 Å². The Morgan fingerprint density at radius 3 is 2.33 bits per heavy atom. The molecule has 0 aliphatic carbocycles. The molecule has 10 heteroatoms. The second-order valence-electron chi connectivity index (χ2n) is 11.2. The predicted molar refractivity (Wildman–Crippen MR) is 152 cm³/mol. The van der Waals surface area contributed by atoms with Crippen LogP contribution in [-0.4, -0.2) is 67.4 Å². The molecular weight excluding hydrogens is 494 g/mol. The fourth-order valence-electron chi connectivity index (χ4n) is 4.42. The number of aliphatic hydroxyl groups is 1. The highest BCUT2D eigenvalue weighted by molar-refractivity contribution is 5.78. The van der Waals surface area contributed by atoms with Crippen molar-refractivity contribution < 1.29 is 14.6 Å². The highest BCUT2D eigenvalue weighted by Crippen LogP contribution is 2.25. The number of hydrogen-bond donors (Lipinski definition) is 2. The van der Waals surface area contributed by atoms with Gasteiger partial charge in [0, 0.05) is 55.3 Å². The Morgan fingerprint density at radius 1 is 0.949 bits per heavy atom. The number of rotatable bonds is 5. The normalized spacial score (nSPS) is 14.5. The molecule has 10 nitrogen and oxygen atoms in total. The van der Waals surface area contributed by atoms with Gasteiger partial charge in [-0.2, -0.15) is 4.98 Å². The number of amides is 1. The van der Waals surface area contributed by atoms with E-state index in [9.17, 15) is 9.90 Å². The molecule has 2 N–H and O–H groups in total. The van der Waals surface area contributed by atoms with Crippen LogP contribution in [0.3, 0.4) is 0 Å². The van der Waals surface area contributed by atoms with Crippen LogP contribution in [0, 0.1) is 0 Å². The zero-order chi connectivity index (χ0) is 27.8. The number of nitrogens with zero attached hydrogens (tertiary/aromatic N) is 6. The van der Waals surface area contributed by atoms with Gasteiger partial charge in [-0.15, -0.1) is 0 Å². The van der Waals surface area contributed by atoms with Crippen LogP contribution in [0.5, 0.6) is 0 Å². The Kier molecular flexibility index (Phi) is 6.90. The minimum absolute atomic E-state index is 0.259. The molecule has 39 heavy (non-hydrogen) atoms. The van der Waals surface area contributed by atoms with E-state index in [1.807, 2.05) is 67.9 Å². The quantitative estimate of drug-likeness (QED) is 0.378. The molecule has 1 aliphatic heterocycles. The first-order valence-electron chi connectivity index (χ1n) is 13.1. The molecule has 1 amide bonds. The topological polar surface area (TPSA) is 109 Å². The second-order valence-corrected chi connectivity index (χ2v) is 11.2. The largest absolute Gasteiger partial charge is 0.444 e. The summed E-state index contributed by atoms with van der Waals surface area (Å²) >= 11 is 0. The van der Waals surface area contributed by atoms with E-state index in [-0.39, 0.29) is 6.09 Å². The molecule has 5 rings (SSSR count). The van der Waals surface area contributed by atoms with E-state index in [0.29, 0.717) is 36.2 Å². The Labute approximate surface area is 228 Å². The minimum Gasteiger partial charge on any atom is -0.444 e. The Morgan fingerprint density at radius 2 is 1.67 bits per heavy atom. The summed E-state index contributed by atoms with van der Waals surface area (Å²) < 4.78 is 7.38. The summed E-state index contributed by atoms with van der Waals surface area (Å²) in [5, 5.41) is 14.6. The van der Waals surface area contributed by atoms with Crippen molar-refractivity contribution in [2.24, 2.45) is 0 Å². The number of hydrogen-bond acceptors (Lipinski definition) is 8. The molecule has 1 saturated heterocycles. The smallest absolute Gasteiger partial charge is 0.410 e. The van der Waals surface area contributed by atoms with Crippen molar-refractivity contribution in [1.29, 1.82) is 0 Å². The first-order valence-corrected chi connectivity index (χ1v) is 13.1. The van der Waals surface area contributed by atoms with Gasteiger partial charge in [0.05, 0.1) is 5.69 Å². The first-order chi connectivity index (χ1) is 18.5. The second kappa shape index (κ2) is 10.2. The van der Waals surface area contributed by atoms with Crippen LogP contribution < -0.4 is 10.2 Å². The van der Waals surface area contributed by atoms with Gasteiger partial charge >= 0.3 is 6.09 Å². The summed E-state index contributed by atoms with van der Waals surface area (Å²) in [6.45, 7) is 11.8. The lowest BCUT2D eigenvalue weighted by Crippen LogP contribution is -2.50. The maximum atomic E-state index is 12.3. The first kappa shape index (κ1) is 26.4. The number of fused-ring (bicyclic) bond motifs is 1. The fraction of sp³-hybridized carbons (Fsp3) is 0.379. The third kappa shape index (κ3) is 6.12. The number of piperazine rings is 1. The van der Waals surface area contributed by atoms with Gasteiger partial charge in [0.1, 0.15) is 17.0 Å². The Bertz CT molecular complexity index is 1460. The van der Waals surface area contributed by atoms with E-state index in [4.69, 9.17) is 9.72 Å². The average Bonchev–Trinajstić information content (AvgIpc) is 3.31. The molecular formula is C29H35N7O3. The molecule has 0 spiro atoms. The number of aromatic nitrogens is 4. The van der Waals surface area contributed by atoms with Crippen LogP contribution in [0.25, 0.3) is 16.9 Å². The zero-order valence-electron chi connectivity index (χ0n) is 23.0. The molecule has 204 valence electrons.